The molecule has 3 aromatic rings. The highest BCUT2D eigenvalue weighted by molar-refractivity contribution is 5.99. The predicted octanol–water partition coefficient (Wildman–Crippen LogP) is 3.09. The molecule has 25 heavy (non-hydrogen) atoms. The number of aryl methyl sites for hydroxylation is 1. The maximum atomic E-state index is 12.8. The second-order valence-corrected chi connectivity index (χ2v) is 6.08. The Morgan fingerprint density at radius 1 is 1.00 bits per heavy atom. The summed E-state index contributed by atoms with van der Waals surface area (Å²) in [4.78, 5) is 25.1. The van der Waals surface area contributed by atoms with E-state index in [9.17, 15) is 9.59 Å². The van der Waals surface area contributed by atoms with Gasteiger partial charge in [0.05, 0.1) is 17.9 Å². The standard InChI is InChI=1S/C20H21N3O2/c1-14-9-11-16(12-10-14)18(24)13-21-19-15(2)22(3)23(20(19)25)17-7-5-4-6-8-17/h4-12,21H,13H2,1-3H3. The molecule has 0 radical (unpaired) electrons. The number of anilines is 1. The maximum Gasteiger partial charge on any atom is 0.295 e. The number of nitrogens with one attached hydrogen (secondary N) is 1. The van der Waals surface area contributed by atoms with Gasteiger partial charge >= 0.3 is 0 Å². The molecule has 0 aliphatic heterocycles. The Labute approximate surface area is 146 Å². The quantitative estimate of drug-likeness (QED) is 0.729. The summed E-state index contributed by atoms with van der Waals surface area (Å²) in [5.74, 6) is -0.0473. The Morgan fingerprint density at radius 2 is 1.64 bits per heavy atom. The molecule has 0 amide bonds. The fourth-order valence-electron chi connectivity index (χ4n) is 2.78. The molecule has 0 aliphatic rings. The van der Waals surface area contributed by atoms with Gasteiger partial charge in [-0.05, 0) is 26.0 Å². The molecule has 5 nitrogen and oxygen atoms in total. The fourth-order valence-corrected chi connectivity index (χ4v) is 2.78. The average molecular weight is 335 g/mol. The highest BCUT2D eigenvalue weighted by Crippen LogP contribution is 2.14. The summed E-state index contributed by atoms with van der Waals surface area (Å²) in [5.41, 5.74) is 3.60. The summed E-state index contributed by atoms with van der Waals surface area (Å²) in [7, 11) is 1.83. The molecule has 0 aliphatic carbocycles. The predicted molar refractivity (Wildman–Crippen MR) is 99.7 cm³/mol. The van der Waals surface area contributed by atoms with E-state index in [1.807, 2.05) is 63.4 Å². The summed E-state index contributed by atoms with van der Waals surface area (Å²) < 4.78 is 3.38. The Morgan fingerprint density at radius 3 is 2.28 bits per heavy atom. The zero-order valence-electron chi connectivity index (χ0n) is 14.6. The van der Waals surface area contributed by atoms with Gasteiger partial charge in [-0.3, -0.25) is 14.3 Å². The minimum absolute atomic E-state index is 0.0473. The van der Waals surface area contributed by atoms with Crippen molar-refractivity contribution in [3.63, 3.8) is 0 Å². The minimum Gasteiger partial charge on any atom is -0.372 e. The van der Waals surface area contributed by atoms with E-state index >= 15 is 0 Å². The Balaban J connectivity index is 1.85. The summed E-state index contributed by atoms with van der Waals surface area (Å²) in [6, 6.07) is 16.9. The first-order valence-corrected chi connectivity index (χ1v) is 8.17. The molecule has 1 heterocycles. The minimum atomic E-state index is -0.164. The Bertz CT molecular complexity index is 951. The highest BCUT2D eigenvalue weighted by atomic mass is 16.1. The number of aromatic nitrogens is 2. The summed E-state index contributed by atoms with van der Waals surface area (Å²) in [5, 5.41) is 3.02. The van der Waals surface area contributed by atoms with Crippen LogP contribution >= 0.6 is 0 Å². The van der Waals surface area contributed by atoms with Gasteiger partial charge in [0, 0.05) is 12.6 Å². The van der Waals surface area contributed by atoms with Crippen LogP contribution in [-0.2, 0) is 7.05 Å². The first-order chi connectivity index (χ1) is 12.0. The van der Waals surface area contributed by atoms with Gasteiger partial charge < -0.3 is 5.32 Å². The number of nitrogens with zero attached hydrogens (tertiary/aromatic N) is 2. The largest absolute Gasteiger partial charge is 0.372 e. The van der Waals surface area contributed by atoms with Gasteiger partial charge in [0.2, 0.25) is 0 Å². The first-order valence-electron chi connectivity index (χ1n) is 8.17. The van der Waals surface area contributed by atoms with Crippen LogP contribution in [0.4, 0.5) is 5.69 Å². The number of hydrogen-bond acceptors (Lipinski definition) is 3. The van der Waals surface area contributed by atoms with Crippen LogP contribution in [0.3, 0.4) is 0 Å². The molecule has 0 saturated heterocycles. The van der Waals surface area contributed by atoms with E-state index in [0.29, 0.717) is 11.3 Å². The molecule has 3 rings (SSSR count). The molecular weight excluding hydrogens is 314 g/mol. The van der Waals surface area contributed by atoms with E-state index in [0.717, 1.165) is 16.9 Å². The normalized spacial score (nSPS) is 10.7. The fraction of sp³-hybridized carbons (Fsp3) is 0.200. The van der Waals surface area contributed by atoms with Crippen molar-refractivity contribution < 1.29 is 4.79 Å². The van der Waals surface area contributed by atoms with Gasteiger partial charge in [0.25, 0.3) is 5.56 Å². The lowest BCUT2D eigenvalue weighted by molar-refractivity contribution is 0.101. The smallest absolute Gasteiger partial charge is 0.295 e. The van der Waals surface area contributed by atoms with E-state index in [4.69, 9.17) is 0 Å². The van der Waals surface area contributed by atoms with Gasteiger partial charge in [-0.2, -0.15) is 0 Å². The third kappa shape index (κ3) is 3.26. The van der Waals surface area contributed by atoms with Crippen LogP contribution in [0.1, 0.15) is 21.6 Å². The molecule has 128 valence electrons. The van der Waals surface area contributed by atoms with Crippen molar-refractivity contribution in [3.8, 4) is 5.69 Å². The van der Waals surface area contributed by atoms with Crippen LogP contribution in [0.15, 0.2) is 59.4 Å². The van der Waals surface area contributed by atoms with Crippen molar-refractivity contribution in [2.24, 2.45) is 7.05 Å². The van der Waals surface area contributed by atoms with Gasteiger partial charge in [0.1, 0.15) is 5.69 Å². The van der Waals surface area contributed by atoms with E-state index in [-0.39, 0.29) is 17.9 Å². The van der Waals surface area contributed by atoms with Crippen molar-refractivity contribution in [2.45, 2.75) is 13.8 Å². The van der Waals surface area contributed by atoms with Crippen LogP contribution < -0.4 is 10.9 Å². The summed E-state index contributed by atoms with van der Waals surface area (Å²) in [6.07, 6.45) is 0. The number of Topliss-reactive ketones (excluding diaryl/α,β-unsaturated/α-hetero) is 1. The van der Waals surface area contributed by atoms with Gasteiger partial charge in [0.15, 0.2) is 5.78 Å². The topological polar surface area (TPSA) is 56.0 Å². The lowest BCUT2D eigenvalue weighted by Gasteiger charge is -2.07. The Kier molecular flexibility index (Phi) is 4.57. The third-order valence-corrected chi connectivity index (χ3v) is 4.35. The number of para-hydroxylation sites is 1. The number of hydrogen-bond donors (Lipinski definition) is 1. The van der Waals surface area contributed by atoms with E-state index in [1.54, 1.807) is 21.5 Å². The van der Waals surface area contributed by atoms with Crippen molar-refractivity contribution in [3.05, 3.63) is 81.8 Å². The molecule has 0 saturated carbocycles. The van der Waals surface area contributed by atoms with Crippen LogP contribution in [0.5, 0.6) is 0 Å². The second kappa shape index (κ2) is 6.81. The first kappa shape index (κ1) is 16.8. The van der Waals surface area contributed by atoms with Crippen molar-refractivity contribution in [1.82, 2.24) is 9.36 Å². The lowest BCUT2D eigenvalue weighted by Crippen LogP contribution is -2.22. The molecule has 0 atom stereocenters. The molecule has 0 spiro atoms. The molecule has 0 bridgehead atoms. The lowest BCUT2D eigenvalue weighted by atomic mass is 10.1. The number of benzene rings is 2. The molecule has 1 N–H and O–H groups in total. The zero-order valence-corrected chi connectivity index (χ0v) is 14.6. The van der Waals surface area contributed by atoms with Crippen molar-refractivity contribution in [1.29, 1.82) is 0 Å². The third-order valence-electron chi connectivity index (χ3n) is 4.35. The number of ketones is 1. The van der Waals surface area contributed by atoms with Crippen LogP contribution in [0, 0.1) is 13.8 Å². The molecule has 5 heteroatoms. The van der Waals surface area contributed by atoms with Gasteiger partial charge in [-0.1, -0.05) is 48.0 Å². The number of carbonyl (C=O) groups excluding carboxylic acids is 1. The molecular formula is C20H21N3O2. The number of rotatable bonds is 5. The SMILES string of the molecule is Cc1ccc(C(=O)CNc2c(C)n(C)n(-c3ccccc3)c2=O)cc1. The van der Waals surface area contributed by atoms with Crippen molar-refractivity contribution in [2.75, 3.05) is 11.9 Å². The summed E-state index contributed by atoms with van der Waals surface area (Å²) >= 11 is 0. The monoisotopic (exact) mass is 335 g/mol. The maximum absolute atomic E-state index is 12.8. The van der Waals surface area contributed by atoms with E-state index in [1.165, 1.54) is 0 Å². The van der Waals surface area contributed by atoms with Gasteiger partial charge in [-0.25, -0.2) is 4.68 Å². The second-order valence-electron chi connectivity index (χ2n) is 6.08. The molecule has 0 unspecified atom stereocenters. The Hall–Kier alpha value is -3.08. The highest BCUT2D eigenvalue weighted by Gasteiger charge is 2.16. The summed E-state index contributed by atoms with van der Waals surface area (Å²) in [6.45, 7) is 3.92. The van der Waals surface area contributed by atoms with Gasteiger partial charge in [-0.15, -0.1) is 0 Å². The zero-order chi connectivity index (χ0) is 18.0. The van der Waals surface area contributed by atoms with Crippen LogP contribution in [0.25, 0.3) is 5.69 Å². The average Bonchev–Trinajstić information content (AvgIpc) is 2.83. The molecule has 2 aromatic carbocycles. The van der Waals surface area contributed by atoms with E-state index < -0.39 is 0 Å². The van der Waals surface area contributed by atoms with Crippen molar-refractivity contribution >= 4 is 11.5 Å². The number of carbonyl (C=O) groups is 1. The molecule has 1 aromatic heterocycles. The van der Waals surface area contributed by atoms with Crippen LogP contribution in [0.2, 0.25) is 0 Å². The molecule has 0 fully saturated rings. The van der Waals surface area contributed by atoms with E-state index in [2.05, 4.69) is 5.32 Å². The van der Waals surface area contributed by atoms with Crippen LogP contribution in [-0.4, -0.2) is 21.7 Å².